The van der Waals surface area contributed by atoms with Crippen LogP contribution in [-0.4, -0.2) is 54.3 Å². The van der Waals surface area contributed by atoms with E-state index in [4.69, 9.17) is 14.0 Å². The Balaban J connectivity index is 1.65. The zero-order valence-corrected chi connectivity index (χ0v) is 17.1. The number of carbonyl (C=O) groups is 2. The highest BCUT2D eigenvalue weighted by Gasteiger charge is 2.26. The molecule has 3 rings (SSSR count). The fraction of sp³-hybridized carbons (Fsp3) is 0.450. The third kappa shape index (κ3) is 4.74. The van der Waals surface area contributed by atoms with E-state index in [0.29, 0.717) is 37.6 Å². The highest BCUT2D eigenvalue weighted by Crippen LogP contribution is 2.29. The second-order valence-corrected chi connectivity index (χ2v) is 7.59. The predicted molar refractivity (Wildman–Crippen MR) is 104 cm³/mol. The number of aromatic nitrogens is 1. The second-order valence-electron chi connectivity index (χ2n) is 6.57. The molecule has 0 aliphatic carbocycles. The number of thioether (sulfide) groups is 1. The number of hydrogen-bond acceptors (Lipinski definition) is 7. The Morgan fingerprint density at radius 1 is 1.25 bits per heavy atom. The molecule has 7 nitrogen and oxygen atoms in total. The van der Waals surface area contributed by atoms with Crippen LogP contribution in [0.3, 0.4) is 0 Å². The van der Waals surface area contributed by atoms with Gasteiger partial charge in [0.05, 0.1) is 24.5 Å². The Morgan fingerprint density at radius 3 is 2.64 bits per heavy atom. The fourth-order valence-corrected chi connectivity index (χ4v) is 4.13. The number of esters is 1. The smallest absolute Gasteiger partial charge is 0.340 e. The van der Waals surface area contributed by atoms with E-state index < -0.39 is 12.1 Å². The van der Waals surface area contributed by atoms with Gasteiger partial charge < -0.3 is 18.9 Å². The molecule has 1 aromatic carbocycles. The van der Waals surface area contributed by atoms with Gasteiger partial charge in [-0.2, -0.15) is 0 Å². The molecule has 0 radical (unpaired) electrons. The van der Waals surface area contributed by atoms with Gasteiger partial charge in [-0.3, -0.25) is 4.79 Å². The maximum absolute atomic E-state index is 12.7. The fourth-order valence-electron chi connectivity index (χ4n) is 2.93. The second kappa shape index (κ2) is 9.25. The number of aryl methyl sites for hydroxylation is 2. The molecule has 1 atom stereocenters. The SMILES string of the molecule is Cc1noc(C)c1CSc1ccccc1C(=O)O[C@@H](C)C(=O)N1CCOCC1. The summed E-state index contributed by atoms with van der Waals surface area (Å²) in [7, 11) is 0. The molecular weight excluding hydrogens is 380 g/mol. The van der Waals surface area contributed by atoms with Gasteiger partial charge in [0.15, 0.2) is 6.10 Å². The van der Waals surface area contributed by atoms with E-state index in [2.05, 4.69) is 5.16 Å². The predicted octanol–water partition coefficient (Wildman–Crippen LogP) is 2.99. The first-order chi connectivity index (χ1) is 13.5. The van der Waals surface area contributed by atoms with Crippen LogP contribution in [0, 0.1) is 13.8 Å². The lowest BCUT2D eigenvalue weighted by Gasteiger charge is -2.29. The minimum absolute atomic E-state index is 0.197. The van der Waals surface area contributed by atoms with Crippen LogP contribution in [0.25, 0.3) is 0 Å². The third-order valence-corrected chi connectivity index (χ3v) is 5.71. The summed E-state index contributed by atoms with van der Waals surface area (Å²) in [4.78, 5) is 27.6. The molecule has 1 aliphatic heterocycles. The molecule has 2 aromatic rings. The van der Waals surface area contributed by atoms with Gasteiger partial charge in [0.2, 0.25) is 0 Å². The summed E-state index contributed by atoms with van der Waals surface area (Å²) in [5.41, 5.74) is 2.31. The van der Waals surface area contributed by atoms with Crippen LogP contribution in [-0.2, 0) is 20.0 Å². The van der Waals surface area contributed by atoms with Gasteiger partial charge in [0.1, 0.15) is 5.76 Å². The summed E-state index contributed by atoms with van der Waals surface area (Å²) in [6.07, 6.45) is -0.841. The van der Waals surface area contributed by atoms with E-state index in [1.807, 2.05) is 26.0 Å². The largest absolute Gasteiger partial charge is 0.449 e. The van der Waals surface area contributed by atoms with Crippen LogP contribution in [0.4, 0.5) is 0 Å². The minimum atomic E-state index is -0.841. The van der Waals surface area contributed by atoms with E-state index in [1.54, 1.807) is 24.0 Å². The molecule has 28 heavy (non-hydrogen) atoms. The van der Waals surface area contributed by atoms with E-state index in [9.17, 15) is 9.59 Å². The number of benzene rings is 1. The number of rotatable bonds is 6. The van der Waals surface area contributed by atoms with Gasteiger partial charge in [-0.25, -0.2) is 4.79 Å². The van der Waals surface area contributed by atoms with Crippen molar-refractivity contribution in [1.82, 2.24) is 10.1 Å². The lowest BCUT2D eigenvalue weighted by molar-refractivity contribution is -0.143. The van der Waals surface area contributed by atoms with Crippen LogP contribution in [0.5, 0.6) is 0 Å². The van der Waals surface area contributed by atoms with Gasteiger partial charge >= 0.3 is 5.97 Å². The van der Waals surface area contributed by atoms with Crippen molar-refractivity contribution < 1.29 is 23.6 Å². The molecule has 0 unspecified atom stereocenters. The molecule has 8 heteroatoms. The topological polar surface area (TPSA) is 81.9 Å². The Labute approximate surface area is 168 Å². The van der Waals surface area contributed by atoms with Crippen LogP contribution in [0.2, 0.25) is 0 Å². The number of amides is 1. The highest BCUT2D eigenvalue weighted by molar-refractivity contribution is 7.98. The molecular formula is C20H24N2O5S. The summed E-state index contributed by atoms with van der Waals surface area (Å²) in [5, 5.41) is 3.96. The Kier molecular flexibility index (Phi) is 6.74. The van der Waals surface area contributed by atoms with Gasteiger partial charge in [-0.15, -0.1) is 11.8 Å². The molecule has 0 N–H and O–H groups in total. The zero-order chi connectivity index (χ0) is 20.1. The van der Waals surface area contributed by atoms with Gasteiger partial charge in [-0.05, 0) is 32.9 Å². The highest BCUT2D eigenvalue weighted by atomic mass is 32.2. The lowest BCUT2D eigenvalue weighted by atomic mass is 10.2. The maximum Gasteiger partial charge on any atom is 0.340 e. The number of carbonyl (C=O) groups excluding carboxylic acids is 2. The molecule has 0 saturated carbocycles. The summed E-state index contributed by atoms with van der Waals surface area (Å²) in [5.74, 6) is 0.705. The van der Waals surface area contributed by atoms with Crippen LogP contribution < -0.4 is 0 Å². The molecule has 150 valence electrons. The van der Waals surface area contributed by atoms with Crippen molar-refractivity contribution in [3.05, 3.63) is 46.8 Å². The first-order valence-corrected chi connectivity index (χ1v) is 10.2. The number of hydrogen-bond donors (Lipinski definition) is 0. The van der Waals surface area contributed by atoms with Crippen molar-refractivity contribution in [1.29, 1.82) is 0 Å². The Hall–Kier alpha value is -2.32. The number of morpholine rings is 1. The van der Waals surface area contributed by atoms with E-state index >= 15 is 0 Å². The third-order valence-electron chi connectivity index (χ3n) is 4.61. The normalized spacial score (nSPS) is 15.3. The van der Waals surface area contributed by atoms with Crippen molar-refractivity contribution >= 4 is 23.6 Å². The minimum Gasteiger partial charge on any atom is -0.449 e. The van der Waals surface area contributed by atoms with Gasteiger partial charge in [0, 0.05) is 29.3 Å². The lowest BCUT2D eigenvalue weighted by Crippen LogP contribution is -2.46. The van der Waals surface area contributed by atoms with Crippen molar-refractivity contribution in [3.63, 3.8) is 0 Å². The summed E-state index contributed by atoms with van der Waals surface area (Å²) in [6.45, 7) is 7.42. The Bertz CT molecular complexity index is 825. The quantitative estimate of drug-likeness (QED) is 0.541. The van der Waals surface area contributed by atoms with Crippen molar-refractivity contribution in [2.24, 2.45) is 0 Å². The zero-order valence-electron chi connectivity index (χ0n) is 16.3. The first-order valence-electron chi connectivity index (χ1n) is 9.18. The Morgan fingerprint density at radius 2 is 1.96 bits per heavy atom. The van der Waals surface area contributed by atoms with Crippen LogP contribution >= 0.6 is 11.8 Å². The average Bonchev–Trinajstić information content (AvgIpc) is 3.04. The average molecular weight is 404 g/mol. The van der Waals surface area contributed by atoms with Crippen molar-refractivity contribution in [3.8, 4) is 0 Å². The van der Waals surface area contributed by atoms with Crippen molar-refractivity contribution in [2.75, 3.05) is 26.3 Å². The summed E-state index contributed by atoms with van der Waals surface area (Å²) in [6, 6.07) is 7.23. The maximum atomic E-state index is 12.7. The summed E-state index contributed by atoms with van der Waals surface area (Å²) < 4.78 is 15.9. The molecule has 1 aromatic heterocycles. The van der Waals surface area contributed by atoms with Gasteiger partial charge in [-0.1, -0.05) is 17.3 Å². The van der Waals surface area contributed by atoms with E-state index in [-0.39, 0.29) is 5.91 Å². The van der Waals surface area contributed by atoms with Crippen LogP contribution in [0.1, 0.15) is 34.3 Å². The number of ether oxygens (including phenoxy) is 2. The molecule has 1 aliphatic rings. The van der Waals surface area contributed by atoms with Crippen LogP contribution in [0.15, 0.2) is 33.7 Å². The number of nitrogens with zero attached hydrogens (tertiary/aromatic N) is 2. The molecule has 1 saturated heterocycles. The van der Waals surface area contributed by atoms with Crippen molar-refractivity contribution in [2.45, 2.75) is 37.5 Å². The molecule has 1 amide bonds. The van der Waals surface area contributed by atoms with Gasteiger partial charge in [0.25, 0.3) is 5.91 Å². The summed E-state index contributed by atoms with van der Waals surface area (Å²) >= 11 is 1.51. The molecule has 0 spiro atoms. The molecule has 2 heterocycles. The van der Waals surface area contributed by atoms with E-state index in [1.165, 1.54) is 11.8 Å². The molecule has 1 fully saturated rings. The monoisotopic (exact) mass is 404 g/mol. The van der Waals surface area contributed by atoms with E-state index in [0.717, 1.165) is 21.9 Å². The molecule has 0 bridgehead atoms. The standard InChI is InChI=1S/C20H24N2O5S/c1-13-17(14(2)27-21-13)12-28-18-7-5-4-6-16(18)20(24)26-15(3)19(23)22-8-10-25-11-9-22/h4-7,15H,8-12H2,1-3H3/t15-/m0/s1. The first kappa shape index (κ1) is 20.4.